The third kappa shape index (κ3) is 4.92. The lowest BCUT2D eigenvalue weighted by atomic mass is 10.2. The summed E-state index contributed by atoms with van der Waals surface area (Å²) in [5.41, 5.74) is 1.24. The van der Waals surface area contributed by atoms with Crippen LogP contribution in [0.25, 0.3) is 0 Å². The van der Waals surface area contributed by atoms with Crippen molar-refractivity contribution in [2.75, 3.05) is 26.2 Å². The number of rotatable bonds is 6. The van der Waals surface area contributed by atoms with Gasteiger partial charge < -0.3 is 4.90 Å². The van der Waals surface area contributed by atoms with E-state index in [0.29, 0.717) is 12.3 Å². The minimum atomic E-state index is 0.315. The van der Waals surface area contributed by atoms with Crippen LogP contribution in [0.15, 0.2) is 29.9 Å². The van der Waals surface area contributed by atoms with Gasteiger partial charge in [-0.2, -0.15) is 5.10 Å². The molecule has 2 aromatic heterocycles. The predicted molar refractivity (Wildman–Crippen MR) is 96.9 cm³/mol. The van der Waals surface area contributed by atoms with Gasteiger partial charge in [-0.05, 0) is 30.7 Å². The van der Waals surface area contributed by atoms with Gasteiger partial charge in [-0.3, -0.25) is 14.4 Å². The van der Waals surface area contributed by atoms with E-state index >= 15 is 0 Å². The molecule has 2 aromatic rings. The monoisotopic (exact) mass is 346 g/mol. The van der Waals surface area contributed by atoms with Crippen molar-refractivity contribution in [3.8, 4) is 0 Å². The molecular weight excluding hydrogens is 320 g/mol. The van der Waals surface area contributed by atoms with Gasteiger partial charge in [0.25, 0.3) is 0 Å². The summed E-state index contributed by atoms with van der Waals surface area (Å²) >= 11 is 1.78. The van der Waals surface area contributed by atoms with E-state index in [1.54, 1.807) is 11.3 Å². The molecule has 0 spiro atoms. The van der Waals surface area contributed by atoms with Crippen molar-refractivity contribution in [1.82, 2.24) is 19.6 Å². The normalized spacial score (nSPS) is 16.3. The first-order valence-corrected chi connectivity index (χ1v) is 9.59. The molecule has 130 valence electrons. The minimum absolute atomic E-state index is 0.315. The Morgan fingerprint density at radius 1 is 1.29 bits per heavy atom. The molecule has 1 aliphatic rings. The molecule has 0 unspecified atom stereocenters. The van der Waals surface area contributed by atoms with E-state index in [4.69, 9.17) is 0 Å². The Balaban J connectivity index is 1.41. The van der Waals surface area contributed by atoms with Crippen LogP contribution in [0.2, 0.25) is 0 Å². The molecule has 6 heteroatoms. The summed E-state index contributed by atoms with van der Waals surface area (Å²) in [5.74, 6) is 0.315. The van der Waals surface area contributed by atoms with Crippen molar-refractivity contribution in [2.24, 2.45) is 7.05 Å². The first kappa shape index (κ1) is 17.2. The van der Waals surface area contributed by atoms with E-state index in [9.17, 15) is 4.79 Å². The maximum absolute atomic E-state index is 12.4. The van der Waals surface area contributed by atoms with E-state index < -0.39 is 0 Å². The summed E-state index contributed by atoms with van der Waals surface area (Å²) in [7, 11) is 1.95. The Hall–Kier alpha value is -1.66. The van der Waals surface area contributed by atoms with Gasteiger partial charge in [0, 0.05) is 62.8 Å². The first-order chi connectivity index (χ1) is 11.7. The highest BCUT2D eigenvalue weighted by molar-refractivity contribution is 7.09. The second-order valence-corrected chi connectivity index (χ2v) is 7.50. The molecular formula is C18H26N4OS. The van der Waals surface area contributed by atoms with Gasteiger partial charge in [0.15, 0.2) is 0 Å². The average Bonchev–Trinajstić information content (AvgIpc) is 3.15. The van der Waals surface area contributed by atoms with E-state index in [2.05, 4.69) is 38.6 Å². The highest BCUT2D eigenvalue weighted by Gasteiger charge is 2.19. The van der Waals surface area contributed by atoms with Gasteiger partial charge >= 0.3 is 0 Å². The zero-order chi connectivity index (χ0) is 16.8. The van der Waals surface area contributed by atoms with Gasteiger partial charge in [0.1, 0.15) is 0 Å². The lowest BCUT2D eigenvalue weighted by Crippen LogP contribution is -2.35. The topological polar surface area (TPSA) is 41.4 Å². The van der Waals surface area contributed by atoms with Crippen LogP contribution in [-0.4, -0.2) is 51.7 Å². The fourth-order valence-electron chi connectivity index (χ4n) is 3.22. The number of hydrogen-bond donors (Lipinski definition) is 0. The quantitative estimate of drug-likeness (QED) is 0.807. The number of hydrogen-bond acceptors (Lipinski definition) is 4. The van der Waals surface area contributed by atoms with E-state index in [-0.39, 0.29) is 0 Å². The number of aromatic nitrogens is 2. The molecule has 3 rings (SSSR count). The summed E-state index contributed by atoms with van der Waals surface area (Å²) in [6.07, 6.45) is 7.69. The SMILES string of the molecule is Cn1cc(CN2CCCN(C(=O)CCCc3cccs3)CC2)cn1. The van der Waals surface area contributed by atoms with Crippen LogP contribution in [0.4, 0.5) is 0 Å². The second-order valence-electron chi connectivity index (χ2n) is 6.47. The van der Waals surface area contributed by atoms with Crippen LogP contribution >= 0.6 is 11.3 Å². The number of carbonyl (C=O) groups is 1. The average molecular weight is 347 g/mol. The fraction of sp³-hybridized carbons (Fsp3) is 0.556. The molecule has 1 amide bonds. The van der Waals surface area contributed by atoms with Crippen molar-refractivity contribution < 1.29 is 4.79 Å². The largest absolute Gasteiger partial charge is 0.341 e. The van der Waals surface area contributed by atoms with Gasteiger partial charge in [-0.1, -0.05) is 6.07 Å². The third-order valence-corrected chi connectivity index (χ3v) is 5.44. The highest BCUT2D eigenvalue weighted by Crippen LogP contribution is 2.14. The zero-order valence-corrected chi connectivity index (χ0v) is 15.2. The maximum Gasteiger partial charge on any atom is 0.222 e. The zero-order valence-electron chi connectivity index (χ0n) is 14.4. The molecule has 24 heavy (non-hydrogen) atoms. The van der Waals surface area contributed by atoms with Crippen LogP contribution in [0.1, 0.15) is 29.7 Å². The lowest BCUT2D eigenvalue weighted by molar-refractivity contribution is -0.131. The number of aryl methyl sites for hydroxylation is 2. The Morgan fingerprint density at radius 3 is 2.96 bits per heavy atom. The van der Waals surface area contributed by atoms with Crippen LogP contribution in [-0.2, 0) is 24.8 Å². The lowest BCUT2D eigenvalue weighted by Gasteiger charge is -2.21. The molecule has 0 aromatic carbocycles. The van der Waals surface area contributed by atoms with E-state index in [1.165, 1.54) is 10.4 Å². The number of nitrogens with zero attached hydrogens (tertiary/aromatic N) is 4. The Bertz CT molecular complexity index is 637. The minimum Gasteiger partial charge on any atom is -0.341 e. The summed E-state index contributed by atoms with van der Waals surface area (Å²) < 4.78 is 1.84. The van der Waals surface area contributed by atoms with Gasteiger partial charge in [0.05, 0.1) is 6.20 Å². The molecule has 0 atom stereocenters. The standard InChI is InChI=1S/C18H26N4OS/c1-20-14-16(13-19-20)15-21-8-4-9-22(11-10-21)18(23)7-2-5-17-6-3-12-24-17/h3,6,12-14H,2,4-5,7-11,15H2,1H3. The molecule has 0 radical (unpaired) electrons. The summed E-state index contributed by atoms with van der Waals surface area (Å²) in [6.45, 7) is 4.66. The van der Waals surface area contributed by atoms with Crippen molar-refractivity contribution >= 4 is 17.2 Å². The molecule has 1 saturated heterocycles. The van der Waals surface area contributed by atoms with Crippen LogP contribution in [0.5, 0.6) is 0 Å². The highest BCUT2D eigenvalue weighted by atomic mass is 32.1. The molecule has 0 aliphatic carbocycles. The third-order valence-electron chi connectivity index (χ3n) is 4.50. The summed E-state index contributed by atoms with van der Waals surface area (Å²) in [4.78, 5) is 18.3. The smallest absolute Gasteiger partial charge is 0.222 e. The summed E-state index contributed by atoms with van der Waals surface area (Å²) in [6, 6.07) is 4.23. The van der Waals surface area contributed by atoms with Crippen LogP contribution in [0.3, 0.4) is 0 Å². The fourth-order valence-corrected chi connectivity index (χ4v) is 3.97. The number of thiophene rings is 1. The van der Waals surface area contributed by atoms with Crippen LogP contribution < -0.4 is 0 Å². The van der Waals surface area contributed by atoms with Gasteiger partial charge in [-0.15, -0.1) is 11.3 Å². The predicted octanol–water partition coefficient (Wildman–Crippen LogP) is 2.54. The molecule has 1 fully saturated rings. The second kappa shape index (κ2) is 8.44. The van der Waals surface area contributed by atoms with Gasteiger partial charge in [-0.25, -0.2) is 0 Å². The molecule has 5 nitrogen and oxygen atoms in total. The molecule has 1 aliphatic heterocycles. The van der Waals surface area contributed by atoms with Crippen molar-refractivity contribution in [3.63, 3.8) is 0 Å². The van der Waals surface area contributed by atoms with Crippen LogP contribution in [0, 0.1) is 0 Å². The Labute approximate surface area is 147 Å². The van der Waals surface area contributed by atoms with E-state index in [0.717, 1.165) is 52.0 Å². The molecule has 0 saturated carbocycles. The molecule has 0 bridgehead atoms. The maximum atomic E-state index is 12.4. The first-order valence-electron chi connectivity index (χ1n) is 8.71. The summed E-state index contributed by atoms with van der Waals surface area (Å²) in [5, 5.41) is 6.33. The number of carbonyl (C=O) groups excluding carboxylic acids is 1. The van der Waals surface area contributed by atoms with Crippen molar-refractivity contribution in [1.29, 1.82) is 0 Å². The Kier molecular flexibility index (Phi) is 6.04. The Morgan fingerprint density at radius 2 is 2.21 bits per heavy atom. The number of amides is 1. The molecule has 3 heterocycles. The van der Waals surface area contributed by atoms with Crippen molar-refractivity contribution in [3.05, 3.63) is 40.3 Å². The molecule has 0 N–H and O–H groups in total. The van der Waals surface area contributed by atoms with Gasteiger partial charge in [0.2, 0.25) is 5.91 Å². The van der Waals surface area contributed by atoms with E-state index in [1.807, 2.05) is 17.9 Å². The van der Waals surface area contributed by atoms with Crippen molar-refractivity contribution in [2.45, 2.75) is 32.2 Å².